The van der Waals surface area contributed by atoms with Crippen LogP contribution >= 0.6 is 11.8 Å². The largest absolute Gasteiger partial charge is 0.465 e. The Morgan fingerprint density at radius 2 is 2.30 bits per heavy atom. The van der Waals surface area contributed by atoms with Gasteiger partial charge in [0.2, 0.25) is 0 Å². The number of benzene rings is 1. The van der Waals surface area contributed by atoms with Crippen LogP contribution in [0.15, 0.2) is 40.8 Å². The van der Waals surface area contributed by atoms with Gasteiger partial charge in [-0.15, -0.1) is 6.58 Å². The molecule has 1 atom stereocenters. The highest BCUT2D eigenvalue weighted by atomic mass is 32.2. The first-order valence-corrected chi connectivity index (χ1v) is 10.9. The van der Waals surface area contributed by atoms with Crippen molar-refractivity contribution < 1.29 is 19.1 Å². The fourth-order valence-electron chi connectivity index (χ4n) is 3.18. The molecule has 8 nitrogen and oxygen atoms in total. The van der Waals surface area contributed by atoms with Gasteiger partial charge in [-0.3, -0.25) is 19.0 Å². The number of esters is 1. The number of carbonyl (C=O) groups excluding carboxylic acids is 2. The maximum Gasteiger partial charge on any atom is 0.316 e. The molecule has 1 aliphatic heterocycles. The van der Waals surface area contributed by atoms with Crippen molar-refractivity contribution in [2.24, 2.45) is 0 Å². The third kappa shape index (κ3) is 5.28. The van der Waals surface area contributed by atoms with E-state index in [0.29, 0.717) is 28.2 Å². The Morgan fingerprint density at radius 1 is 1.47 bits per heavy atom. The zero-order chi connectivity index (χ0) is 21.5. The lowest BCUT2D eigenvalue weighted by Gasteiger charge is -2.13. The van der Waals surface area contributed by atoms with Gasteiger partial charge in [-0.05, 0) is 38.0 Å². The molecule has 0 aliphatic carbocycles. The van der Waals surface area contributed by atoms with Gasteiger partial charge in [-0.25, -0.2) is 4.98 Å². The standard InChI is InChI=1S/C21H25N3O5S/c1-3-9-24-20(27)16-8-7-14(19(26)22-12-15-6-5-10-29-15)11-17(16)23-21(24)30-13-18(25)28-4-2/h3,7-8,11,15H,1,4-6,9-10,12-13H2,2H3,(H,22,26)/t15-/m0/s1. The van der Waals surface area contributed by atoms with Gasteiger partial charge in [0.05, 0.1) is 29.4 Å². The first-order valence-electron chi connectivity index (χ1n) is 9.87. The molecule has 2 aromatic rings. The van der Waals surface area contributed by atoms with Crippen molar-refractivity contribution in [2.45, 2.75) is 37.6 Å². The lowest BCUT2D eigenvalue weighted by molar-refractivity contribution is -0.139. The highest BCUT2D eigenvalue weighted by Crippen LogP contribution is 2.19. The van der Waals surface area contributed by atoms with Crippen molar-refractivity contribution in [2.75, 3.05) is 25.5 Å². The molecule has 1 aliphatic rings. The summed E-state index contributed by atoms with van der Waals surface area (Å²) in [5, 5.41) is 3.63. The third-order valence-electron chi connectivity index (χ3n) is 4.63. The van der Waals surface area contributed by atoms with Gasteiger partial charge in [0.1, 0.15) is 0 Å². The molecule has 160 valence electrons. The van der Waals surface area contributed by atoms with Gasteiger partial charge < -0.3 is 14.8 Å². The number of hydrogen-bond donors (Lipinski definition) is 1. The number of carbonyl (C=O) groups is 2. The van der Waals surface area contributed by atoms with E-state index >= 15 is 0 Å². The lowest BCUT2D eigenvalue weighted by Crippen LogP contribution is -2.31. The number of ether oxygens (including phenoxy) is 2. The molecule has 0 saturated carbocycles. The topological polar surface area (TPSA) is 99.5 Å². The quantitative estimate of drug-likeness (QED) is 0.281. The molecule has 1 saturated heterocycles. The Kier molecular flexibility index (Phi) is 7.64. The Hall–Kier alpha value is -2.65. The number of fused-ring (bicyclic) bond motifs is 1. The van der Waals surface area contributed by atoms with Gasteiger partial charge in [0.25, 0.3) is 11.5 Å². The molecule has 0 radical (unpaired) electrons. The molecule has 1 amide bonds. The fourth-order valence-corrected chi connectivity index (χ4v) is 3.99. The molecule has 0 spiro atoms. The van der Waals surface area contributed by atoms with Crippen LogP contribution in [0.5, 0.6) is 0 Å². The number of amides is 1. The molecule has 0 unspecified atom stereocenters. The maximum absolute atomic E-state index is 12.9. The second kappa shape index (κ2) is 10.4. The van der Waals surface area contributed by atoms with E-state index in [1.54, 1.807) is 31.2 Å². The van der Waals surface area contributed by atoms with Gasteiger partial charge in [0.15, 0.2) is 5.16 Å². The zero-order valence-electron chi connectivity index (χ0n) is 16.9. The predicted molar refractivity (Wildman–Crippen MR) is 115 cm³/mol. The average molecular weight is 432 g/mol. The van der Waals surface area contributed by atoms with Crippen LogP contribution < -0.4 is 10.9 Å². The first-order chi connectivity index (χ1) is 14.5. The second-order valence-electron chi connectivity index (χ2n) is 6.77. The maximum atomic E-state index is 12.9. The Labute approximate surface area is 178 Å². The van der Waals surface area contributed by atoms with Crippen molar-refractivity contribution in [1.29, 1.82) is 0 Å². The number of nitrogens with zero attached hydrogens (tertiary/aromatic N) is 2. The summed E-state index contributed by atoms with van der Waals surface area (Å²) in [4.78, 5) is 41.7. The normalized spacial score (nSPS) is 15.8. The average Bonchev–Trinajstić information content (AvgIpc) is 3.26. The highest BCUT2D eigenvalue weighted by Gasteiger charge is 2.18. The van der Waals surface area contributed by atoms with Crippen molar-refractivity contribution in [1.82, 2.24) is 14.9 Å². The van der Waals surface area contributed by atoms with Crippen molar-refractivity contribution in [3.05, 3.63) is 46.8 Å². The minimum atomic E-state index is -0.385. The first kappa shape index (κ1) is 22.0. The number of hydrogen-bond acceptors (Lipinski definition) is 7. The van der Waals surface area contributed by atoms with Gasteiger partial charge in [-0.2, -0.15) is 0 Å². The van der Waals surface area contributed by atoms with Crippen LogP contribution in [0.25, 0.3) is 10.9 Å². The van der Waals surface area contributed by atoms with Crippen LogP contribution in [0, 0.1) is 0 Å². The third-order valence-corrected chi connectivity index (χ3v) is 5.58. The zero-order valence-corrected chi connectivity index (χ0v) is 17.7. The Balaban J connectivity index is 1.86. The van der Waals surface area contributed by atoms with Crippen molar-refractivity contribution >= 4 is 34.5 Å². The molecule has 3 rings (SSSR count). The molecule has 2 heterocycles. The van der Waals surface area contributed by atoms with Crippen molar-refractivity contribution in [3.63, 3.8) is 0 Å². The van der Waals surface area contributed by atoms with E-state index in [-0.39, 0.29) is 42.4 Å². The van der Waals surface area contributed by atoms with E-state index in [1.165, 1.54) is 4.57 Å². The van der Waals surface area contributed by atoms with E-state index in [0.717, 1.165) is 31.2 Å². The number of rotatable bonds is 9. The summed E-state index contributed by atoms with van der Waals surface area (Å²) < 4.78 is 11.9. The molecule has 9 heteroatoms. The van der Waals surface area contributed by atoms with E-state index in [1.807, 2.05) is 0 Å². The van der Waals surface area contributed by atoms with Crippen LogP contribution in [0.2, 0.25) is 0 Å². The summed E-state index contributed by atoms with van der Waals surface area (Å²) >= 11 is 1.12. The molecule has 0 bridgehead atoms. The molecule has 30 heavy (non-hydrogen) atoms. The monoisotopic (exact) mass is 431 g/mol. The van der Waals surface area contributed by atoms with E-state index in [2.05, 4.69) is 16.9 Å². The smallest absolute Gasteiger partial charge is 0.316 e. The molecule has 1 aromatic carbocycles. The predicted octanol–water partition coefficient (Wildman–Crippen LogP) is 2.15. The number of aromatic nitrogens is 2. The summed E-state index contributed by atoms with van der Waals surface area (Å²) in [5.41, 5.74) is 0.559. The number of thioether (sulfide) groups is 1. The van der Waals surface area contributed by atoms with Crippen LogP contribution in [0.3, 0.4) is 0 Å². The van der Waals surface area contributed by atoms with Crippen molar-refractivity contribution in [3.8, 4) is 0 Å². The van der Waals surface area contributed by atoms with Crippen LogP contribution in [0.4, 0.5) is 0 Å². The number of allylic oxidation sites excluding steroid dienone is 1. The second-order valence-corrected chi connectivity index (χ2v) is 7.71. The van der Waals surface area contributed by atoms with Crippen LogP contribution in [0.1, 0.15) is 30.1 Å². The fraction of sp³-hybridized carbons (Fsp3) is 0.429. The minimum Gasteiger partial charge on any atom is -0.465 e. The molecular weight excluding hydrogens is 406 g/mol. The summed E-state index contributed by atoms with van der Waals surface area (Å²) in [5.74, 6) is -0.598. The molecule has 1 fully saturated rings. The Morgan fingerprint density at radius 3 is 3.00 bits per heavy atom. The van der Waals surface area contributed by atoms with E-state index in [4.69, 9.17) is 9.47 Å². The van der Waals surface area contributed by atoms with Gasteiger partial charge in [-0.1, -0.05) is 17.8 Å². The minimum absolute atomic E-state index is 0.0322. The van der Waals surface area contributed by atoms with Crippen LogP contribution in [-0.4, -0.2) is 53.0 Å². The van der Waals surface area contributed by atoms with E-state index in [9.17, 15) is 14.4 Å². The summed E-state index contributed by atoms with van der Waals surface area (Å²) in [6.45, 7) is 7.14. The molecule has 1 N–H and O–H groups in total. The van der Waals surface area contributed by atoms with Gasteiger partial charge in [0, 0.05) is 25.3 Å². The molecule has 1 aromatic heterocycles. The number of nitrogens with one attached hydrogen (secondary N) is 1. The van der Waals surface area contributed by atoms with Gasteiger partial charge >= 0.3 is 5.97 Å². The Bertz CT molecular complexity index is 998. The van der Waals surface area contributed by atoms with E-state index < -0.39 is 0 Å². The summed E-state index contributed by atoms with van der Waals surface area (Å²) in [6.07, 6.45) is 3.58. The SMILES string of the molecule is C=CCn1c(SCC(=O)OCC)nc2cc(C(=O)NC[C@@H]3CCCO3)ccc2c1=O. The highest BCUT2D eigenvalue weighted by molar-refractivity contribution is 7.99. The lowest BCUT2D eigenvalue weighted by atomic mass is 10.1. The molecular formula is C21H25N3O5S. The summed E-state index contributed by atoms with van der Waals surface area (Å²) in [7, 11) is 0. The van der Waals surface area contributed by atoms with Crippen LogP contribution in [-0.2, 0) is 20.8 Å². The summed E-state index contributed by atoms with van der Waals surface area (Å²) in [6, 6.07) is 4.80.